The molecule has 2 N–H and O–H groups in total. The normalized spacial score (nSPS) is 11.6. The number of benzene rings is 2. The van der Waals surface area contributed by atoms with Gasteiger partial charge in [0.25, 0.3) is 5.56 Å². The standard InChI is InChI=1S/C28H30N2O6S/c1-16(2)34-27(33)35-21-11-10-20-23(19-13-15-37-24(19)25(31)30-20)22(21)18-8-6-17(7-9-18)12-14-29-26(32)36-28(3,4)5/h6-11,13,15-16H,12,14H2,1-5H3,(H,29,32)(H,30,31). The molecule has 0 spiro atoms. The van der Waals surface area contributed by atoms with Gasteiger partial charge in [0.1, 0.15) is 16.1 Å². The lowest BCUT2D eigenvalue weighted by molar-refractivity contribution is 0.0528. The van der Waals surface area contributed by atoms with E-state index in [9.17, 15) is 14.4 Å². The molecule has 0 bridgehead atoms. The Bertz CT molecular complexity index is 1500. The maximum atomic E-state index is 12.6. The average Bonchev–Trinajstić information content (AvgIpc) is 3.29. The van der Waals surface area contributed by atoms with E-state index >= 15 is 0 Å². The highest BCUT2D eigenvalue weighted by Crippen LogP contribution is 2.40. The number of hydrogen-bond acceptors (Lipinski definition) is 7. The molecule has 0 aliphatic heterocycles. The Morgan fingerprint density at radius 1 is 1.05 bits per heavy atom. The minimum Gasteiger partial charge on any atom is -0.444 e. The number of carbonyl (C=O) groups is 2. The molecule has 0 aliphatic carbocycles. The highest BCUT2D eigenvalue weighted by atomic mass is 32.1. The zero-order valence-corrected chi connectivity index (χ0v) is 22.3. The van der Waals surface area contributed by atoms with Crippen LogP contribution in [-0.2, 0) is 15.9 Å². The van der Waals surface area contributed by atoms with E-state index in [-0.39, 0.29) is 11.7 Å². The predicted molar refractivity (Wildman–Crippen MR) is 146 cm³/mol. The smallest absolute Gasteiger partial charge is 0.444 e. The van der Waals surface area contributed by atoms with Crippen LogP contribution in [0.2, 0.25) is 0 Å². The lowest BCUT2D eigenvalue weighted by Gasteiger charge is -2.19. The van der Waals surface area contributed by atoms with Crippen LogP contribution in [0.15, 0.2) is 52.6 Å². The number of aromatic amines is 1. The van der Waals surface area contributed by atoms with E-state index in [1.807, 2.05) is 56.5 Å². The first kappa shape index (κ1) is 26.2. The summed E-state index contributed by atoms with van der Waals surface area (Å²) >= 11 is 1.36. The molecule has 4 rings (SSSR count). The lowest BCUT2D eigenvalue weighted by Crippen LogP contribution is -2.33. The van der Waals surface area contributed by atoms with Crippen molar-refractivity contribution in [3.8, 4) is 16.9 Å². The van der Waals surface area contributed by atoms with E-state index in [1.54, 1.807) is 26.0 Å². The first-order valence-electron chi connectivity index (χ1n) is 12.0. The van der Waals surface area contributed by atoms with Gasteiger partial charge in [-0.05, 0) is 75.7 Å². The van der Waals surface area contributed by atoms with Crippen molar-refractivity contribution in [3.63, 3.8) is 0 Å². The Hall–Kier alpha value is -3.85. The zero-order chi connectivity index (χ0) is 26.7. The van der Waals surface area contributed by atoms with Gasteiger partial charge in [0.05, 0.1) is 6.10 Å². The monoisotopic (exact) mass is 522 g/mol. The van der Waals surface area contributed by atoms with Gasteiger partial charge in [0.15, 0.2) is 0 Å². The van der Waals surface area contributed by atoms with Gasteiger partial charge in [-0.3, -0.25) is 4.79 Å². The number of rotatable bonds is 6. The summed E-state index contributed by atoms with van der Waals surface area (Å²) in [7, 11) is 0. The number of fused-ring (bicyclic) bond motifs is 3. The number of thiophene rings is 1. The molecule has 1 amide bonds. The third-order valence-corrected chi connectivity index (χ3v) is 6.32. The summed E-state index contributed by atoms with van der Waals surface area (Å²) < 4.78 is 16.7. The van der Waals surface area contributed by atoms with Crippen molar-refractivity contribution in [2.75, 3.05) is 6.54 Å². The average molecular weight is 523 g/mol. The molecule has 4 aromatic rings. The molecule has 194 valence electrons. The van der Waals surface area contributed by atoms with Gasteiger partial charge in [-0.2, -0.15) is 0 Å². The van der Waals surface area contributed by atoms with Gasteiger partial charge in [-0.15, -0.1) is 11.3 Å². The fourth-order valence-corrected chi connectivity index (χ4v) is 4.76. The third-order valence-electron chi connectivity index (χ3n) is 5.41. The number of alkyl carbamates (subject to hydrolysis) is 1. The fraction of sp³-hybridized carbons (Fsp3) is 0.321. The van der Waals surface area contributed by atoms with Crippen LogP contribution in [-0.4, -0.2) is 35.5 Å². The minimum atomic E-state index is -0.800. The second-order valence-corrected chi connectivity index (χ2v) is 10.8. The largest absolute Gasteiger partial charge is 0.514 e. The Kier molecular flexibility index (Phi) is 7.54. The first-order valence-corrected chi connectivity index (χ1v) is 12.9. The van der Waals surface area contributed by atoms with Crippen LogP contribution in [0.25, 0.3) is 32.1 Å². The van der Waals surface area contributed by atoms with E-state index in [4.69, 9.17) is 14.2 Å². The van der Waals surface area contributed by atoms with Crippen LogP contribution in [0.4, 0.5) is 9.59 Å². The van der Waals surface area contributed by atoms with Crippen molar-refractivity contribution in [3.05, 3.63) is 63.8 Å². The molecule has 9 heteroatoms. The number of ether oxygens (including phenoxy) is 3. The molecule has 2 heterocycles. The Labute approximate surface area is 218 Å². The summed E-state index contributed by atoms with van der Waals surface area (Å²) in [6, 6.07) is 13.1. The van der Waals surface area contributed by atoms with Gasteiger partial charge in [0, 0.05) is 28.4 Å². The predicted octanol–water partition coefficient (Wildman–Crippen LogP) is 6.40. The van der Waals surface area contributed by atoms with Gasteiger partial charge in [-0.25, -0.2) is 9.59 Å². The van der Waals surface area contributed by atoms with Crippen LogP contribution < -0.4 is 15.6 Å². The molecule has 0 saturated carbocycles. The van der Waals surface area contributed by atoms with Crippen molar-refractivity contribution in [2.24, 2.45) is 0 Å². The maximum absolute atomic E-state index is 12.6. The number of nitrogens with one attached hydrogen (secondary N) is 2. The van der Waals surface area contributed by atoms with Crippen molar-refractivity contribution >= 4 is 44.6 Å². The van der Waals surface area contributed by atoms with E-state index in [0.29, 0.717) is 34.5 Å². The molecule has 0 radical (unpaired) electrons. The van der Waals surface area contributed by atoms with Crippen LogP contribution in [0.5, 0.6) is 5.75 Å². The van der Waals surface area contributed by atoms with Gasteiger partial charge in [0.2, 0.25) is 0 Å². The summed E-state index contributed by atoms with van der Waals surface area (Å²) in [6.45, 7) is 9.38. The summed E-state index contributed by atoms with van der Waals surface area (Å²) in [5, 5.41) is 6.19. The maximum Gasteiger partial charge on any atom is 0.514 e. The third kappa shape index (κ3) is 6.29. The second-order valence-electron chi connectivity index (χ2n) is 9.87. The number of hydrogen-bond donors (Lipinski definition) is 2. The van der Waals surface area contributed by atoms with Crippen molar-refractivity contribution < 1.29 is 23.8 Å². The number of carbonyl (C=O) groups excluding carboxylic acids is 2. The summed E-state index contributed by atoms with van der Waals surface area (Å²) in [4.78, 5) is 39.8. The van der Waals surface area contributed by atoms with Gasteiger partial charge in [-0.1, -0.05) is 24.3 Å². The zero-order valence-electron chi connectivity index (χ0n) is 21.5. The SMILES string of the molecule is CC(C)OC(=O)Oc1ccc2[nH]c(=O)c3sccc3c2c1-c1ccc(CCNC(=O)OC(C)(C)C)cc1. The van der Waals surface area contributed by atoms with Crippen molar-refractivity contribution in [1.82, 2.24) is 10.3 Å². The number of aromatic nitrogens is 1. The fourth-order valence-electron chi connectivity index (χ4n) is 3.97. The summed E-state index contributed by atoms with van der Waals surface area (Å²) in [6.07, 6.45) is -0.971. The number of H-pyrrole nitrogens is 1. The molecule has 37 heavy (non-hydrogen) atoms. The van der Waals surface area contributed by atoms with E-state index in [2.05, 4.69) is 10.3 Å². The highest BCUT2D eigenvalue weighted by Gasteiger charge is 2.20. The Morgan fingerprint density at radius 2 is 1.78 bits per heavy atom. The molecule has 0 fully saturated rings. The van der Waals surface area contributed by atoms with E-state index in [0.717, 1.165) is 21.9 Å². The molecule has 0 aliphatic rings. The molecule has 2 aromatic carbocycles. The number of pyridine rings is 1. The highest BCUT2D eigenvalue weighted by molar-refractivity contribution is 7.17. The number of amides is 1. The Morgan fingerprint density at radius 3 is 2.46 bits per heavy atom. The van der Waals surface area contributed by atoms with E-state index in [1.165, 1.54) is 11.3 Å². The van der Waals surface area contributed by atoms with E-state index < -0.39 is 17.8 Å². The second kappa shape index (κ2) is 10.6. The van der Waals surface area contributed by atoms with Crippen molar-refractivity contribution in [2.45, 2.75) is 52.7 Å². The quantitative estimate of drug-likeness (QED) is 0.224. The lowest BCUT2D eigenvalue weighted by atomic mass is 9.96. The molecule has 0 unspecified atom stereocenters. The van der Waals surface area contributed by atoms with Gasteiger partial charge >= 0.3 is 12.2 Å². The molecular weight excluding hydrogens is 492 g/mol. The summed E-state index contributed by atoms with van der Waals surface area (Å²) in [5.74, 6) is 0.331. The molecule has 0 saturated heterocycles. The Balaban J connectivity index is 1.68. The minimum absolute atomic E-state index is 0.163. The van der Waals surface area contributed by atoms with Crippen molar-refractivity contribution in [1.29, 1.82) is 0 Å². The van der Waals surface area contributed by atoms with Crippen LogP contribution >= 0.6 is 11.3 Å². The van der Waals surface area contributed by atoms with Crippen LogP contribution in [0, 0.1) is 0 Å². The molecular formula is C28H30N2O6S. The summed E-state index contributed by atoms with van der Waals surface area (Å²) in [5.41, 5.74) is 2.42. The molecule has 0 atom stereocenters. The molecule has 8 nitrogen and oxygen atoms in total. The first-order chi connectivity index (χ1) is 17.5. The van der Waals surface area contributed by atoms with Gasteiger partial charge < -0.3 is 24.5 Å². The van der Waals surface area contributed by atoms with Crippen LogP contribution in [0.3, 0.4) is 0 Å². The van der Waals surface area contributed by atoms with Crippen LogP contribution in [0.1, 0.15) is 40.2 Å². The molecule has 2 aromatic heterocycles. The topological polar surface area (TPSA) is 107 Å².